The number of halogens is 1. The Hall–Kier alpha value is -1.92. The van der Waals surface area contributed by atoms with Crippen molar-refractivity contribution in [2.75, 3.05) is 13.6 Å². The van der Waals surface area contributed by atoms with E-state index in [-0.39, 0.29) is 11.8 Å². The van der Waals surface area contributed by atoms with Gasteiger partial charge in [0, 0.05) is 24.4 Å². The maximum Gasteiger partial charge on any atom is 0.304 e. The maximum atomic E-state index is 11.2. The van der Waals surface area contributed by atoms with Crippen LogP contribution in [-0.4, -0.2) is 46.1 Å². The molecule has 0 aliphatic carbocycles. The molecule has 148 valence electrons. The highest BCUT2D eigenvalue weighted by molar-refractivity contribution is 6.35. The molecule has 2 rings (SSSR count). The summed E-state index contributed by atoms with van der Waals surface area (Å²) >= 11 is 6.40. The number of carbonyl (C=O) groups excluding carboxylic acids is 1. The fourth-order valence-corrected chi connectivity index (χ4v) is 3.79. The van der Waals surface area contributed by atoms with Gasteiger partial charge in [0.25, 0.3) is 0 Å². The van der Waals surface area contributed by atoms with Crippen LogP contribution in [0.4, 0.5) is 0 Å². The second kappa shape index (κ2) is 8.85. The lowest BCUT2D eigenvalue weighted by Gasteiger charge is -2.27. The van der Waals surface area contributed by atoms with E-state index in [0.29, 0.717) is 17.9 Å². The van der Waals surface area contributed by atoms with Crippen LogP contribution in [0.15, 0.2) is 12.3 Å². The SMILES string of the molecule is CN(Cc1c(CC[C@H](C=O)CC(=O)O)cc(Cl)c2[nH]ncc12)CC(C)(C)C. The molecule has 0 radical (unpaired) electrons. The molecule has 0 aliphatic rings. The molecule has 1 heterocycles. The number of carbonyl (C=O) groups is 2. The molecule has 0 saturated carbocycles. The lowest BCUT2D eigenvalue weighted by Crippen LogP contribution is -2.29. The van der Waals surface area contributed by atoms with Crippen LogP contribution >= 0.6 is 11.6 Å². The average Bonchev–Trinajstić information content (AvgIpc) is 3.02. The number of carboxylic acids is 1. The summed E-state index contributed by atoms with van der Waals surface area (Å²) in [6, 6.07) is 1.91. The van der Waals surface area contributed by atoms with E-state index < -0.39 is 11.9 Å². The van der Waals surface area contributed by atoms with E-state index in [1.165, 1.54) is 0 Å². The van der Waals surface area contributed by atoms with Crippen molar-refractivity contribution in [3.8, 4) is 0 Å². The highest BCUT2D eigenvalue weighted by Crippen LogP contribution is 2.31. The van der Waals surface area contributed by atoms with Crippen LogP contribution in [0.5, 0.6) is 0 Å². The van der Waals surface area contributed by atoms with Crippen LogP contribution in [0.1, 0.15) is 44.7 Å². The van der Waals surface area contributed by atoms with Crippen molar-refractivity contribution in [3.05, 3.63) is 28.4 Å². The third-order valence-electron chi connectivity index (χ3n) is 4.48. The Morgan fingerprint density at radius 3 is 2.74 bits per heavy atom. The number of fused-ring (bicyclic) bond motifs is 1. The van der Waals surface area contributed by atoms with Crippen LogP contribution in [0.25, 0.3) is 10.9 Å². The highest BCUT2D eigenvalue weighted by Gasteiger charge is 2.19. The van der Waals surface area contributed by atoms with Gasteiger partial charge in [-0.2, -0.15) is 5.10 Å². The first-order valence-corrected chi connectivity index (χ1v) is 9.47. The molecule has 0 fully saturated rings. The second-order valence-electron chi connectivity index (χ2n) is 8.42. The number of aliphatic carboxylic acids is 1. The van der Waals surface area contributed by atoms with Crippen LogP contribution in [0.3, 0.4) is 0 Å². The molecule has 0 unspecified atom stereocenters. The standard InChI is InChI=1S/C20H28ClN3O3/c1-20(2,3)12-24(4)10-16-14(6-5-13(11-25)7-18(26)27)8-17(21)19-15(16)9-22-23-19/h8-9,11,13H,5-7,10,12H2,1-4H3,(H,22,23)(H,26,27)/t13-/m0/s1. The number of benzene rings is 1. The molecule has 1 atom stereocenters. The summed E-state index contributed by atoms with van der Waals surface area (Å²) in [5.41, 5.74) is 3.12. The topological polar surface area (TPSA) is 86.3 Å². The molecule has 1 aromatic heterocycles. The molecular formula is C20H28ClN3O3. The second-order valence-corrected chi connectivity index (χ2v) is 8.83. The summed E-state index contributed by atoms with van der Waals surface area (Å²) in [5, 5.41) is 17.6. The maximum absolute atomic E-state index is 11.2. The average molecular weight is 394 g/mol. The van der Waals surface area contributed by atoms with Crippen LogP contribution in [-0.2, 0) is 22.6 Å². The Balaban J connectivity index is 2.31. The summed E-state index contributed by atoms with van der Waals surface area (Å²) in [4.78, 5) is 24.4. The van der Waals surface area contributed by atoms with Crippen LogP contribution in [0, 0.1) is 11.3 Å². The molecule has 0 aliphatic heterocycles. The molecule has 27 heavy (non-hydrogen) atoms. The van der Waals surface area contributed by atoms with Gasteiger partial charge in [0.05, 0.1) is 23.2 Å². The Morgan fingerprint density at radius 1 is 1.44 bits per heavy atom. The zero-order valence-corrected chi connectivity index (χ0v) is 17.1. The van der Waals surface area contributed by atoms with Gasteiger partial charge in [0.15, 0.2) is 0 Å². The van der Waals surface area contributed by atoms with E-state index in [4.69, 9.17) is 16.7 Å². The quantitative estimate of drug-likeness (QED) is 0.630. The smallest absolute Gasteiger partial charge is 0.304 e. The van der Waals surface area contributed by atoms with E-state index in [2.05, 4.69) is 42.9 Å². The summed E-state index contributed by atoms with van der Waals surface area (Å²) < 4.78 is 0. The number of nitrogens with one attached hydrogen (secondary N) is 1. The lowest BCUT2D eigenvalue weighted by molar-refractivity contribution is -0.139. The predicted molar refractivity (Wildman–Crippen MR) is 107 cm³/mol. The fraction of sp³-hybridized carbons (Fsp3) is 0.550. The number of rotatable bonds is 9. The van der Waals surface area contributed by atoms with E-state index >= 15 is 0 Å². The van der Waals surface area contributed by atoms with Crippen molar-refractivity contribution in [3.63, 3.8) is 0 Å². The molecule has 2 aromatic rings. The number of hydrogen-bond donors (Lipinski definition) is 2. The van der Waals surface area contributed by atoms with Gasteiger partial charge in [-0.15, -0.1) is 0 Å². The van der Waals surface area contributed by atoms with E-state index in [0.717, 1.165) is 41.4 Å². The monoisotopic (exact) mass is 393 g/mol. The van der Waals surface area contributed by atoms with E-state index in [1.807, 2.05) is 6.07 Å². The van der Waals surface area contributed by atoms with Gasteiger partial charge in [0.2, 0.25) is 0 Å². The minimum absolute atomic E-state index is 0.148. The molecular weight excluding hydrogens is 366 g/mol. The van der Waals surface area contributed by atoms with Gasteiger partial charge >= 0.3 is 5.97 Å². The molecule has 7 heteroatoms. The Bertz CT molecular complexity index is 811. The Kier molecular flexibility index (Phi) is 7.00. The summed E-state index contributed by atoms with van der Waals surface area (Å²) in [6.07, 6.45) is 3.43. The van der Waals surface area contributed by atoms with Gasteiger partial charge in [0.1, 0.15) is 6.29 Å². The fourth-order valence-electron chi connectivity index (χ4n) is 3.51. The first kappa shape index (κ1) is 21.4. The van der Waals surface area contributed by atoms with Crippen LogP contribution < -0.4 is 0 Å². The first-order valence-electron chi connectivity index (χ1n) is 9.09. The number of aryl methyl sites for hydroxylation is 1. The minimum Gasteiger partial charge on any atom is -0.481 e. The van der Waals surface area contributed by atoms with Gasteiger partial charge in [-0.25, -0.2) is 0 Å². The summed E-state index contributed by atoms with van der Waals surface area (Å²) in [6.45, 7) is 8.23. The van der Waals surface area contributed by atoms with Crippen molar-refractivity contribution in [2.24, 2.45) is 11.3 Å². The minimum atomic E-state index is -0.958. The Morgan fingerprint density at radius 2 is 2.15 bits per heavy atom. The third kappa shape index (κ3) is 6.04. The van der Waals surface area contributed by atoms with Gasteiger partial charge in [-0.1, -0.05) is 32.4 Å². The summed E-state index contributed by atoms with van der Waals surface area (Å²) in [5.74, 6) is -1.46. The van der Waals surface area contributed by atoms with Gasteiger partial charge in [-0.3, -0.25) is 9.89 Å². The van der Waals surface area contributed by atoms with Crippen LogP contribution in [0.2, 0.25) is 5.02 Å². The summed E-state index contributed by atoms with van der Waals surface area (Å²) in [7, 11) is 2.08. The van der Waals surface area contributed by atoms with Crippen molar-refractivity contribution in [1.29, 1.82) is 0 Å². The highest BCUT2D eigenvalue weighted by atomic mass is 35.5. The van der Waals surface area contributed by atoms with Crippen molar-refractivity contribution >= 4 is 34.8 Å². The first-order chi connectivity index (χ1) is 12.6. The molecule has 1 aromatic carbocycles. The normalized spacial score (nSPS) is 13.3. The number of hydrogen-bond acceptors (Lipinski definition) is 4. The predicted octanol–water partition coefficient (Wildman–Crippen LogP) is 3.92. The number of nitrogens with zero attached hydrogens (tertiary/aromatic N) is 2. The van der Waals surface area contributed by atoms with Crippen molar-refractivity contribution in [1.82, 2.24) is 15.1 Å². The molecule has 0 bridgehead atoms. The van der Waals surface area contributed by atoms with Crippen molar-refractivity contribution in [2.45, 2.75) is 46.6 Å². The zero-order valence-electron chi connectivity index (χ0n) is 16.4. The van der Waals surface area contributed by atoms with E-state index in [1.54, 1.807) is 6.20 Å². The van der Waals surface area contributed by atoms with E-state index in [9.17, 15) is 9.59 Å². The van der Waals surface area contributed by atoms with Gasteiger partial charge < -0.3 is 14.8 Å². The van der Waals surface area contributed by atoms with Crippen molar-refractivity contribution < 1.29 is 14.7 Å². The Labute approximate surface area is 164 Å². The molecule has 6 nitrogen and oxygen atoms in total. The zero-order chi connectivity index (χ0) is 20.2. The number of H-pyrrole nitrogens is 1. The lowest BCUT2D eigenvalue weighted by atomic mass is 9.92. The van der Waals surface area contributed by atoms with Gasteiger partial charge in [-0.05, 0) is 42.5 Å². The molecule has 0 amide bonds. The molecule has 2 N–H and O–H groups in total. The number of carboxylic acid groups (broad SMARTS) is 1. The molecule has 0 saturated heterocycles. The molecule has 0 spiro atoms. The number of aromatic nitrogens is 2. The largest absolute Gasteiger partial charge is 0.481 e. The third-order valence-corrected chi connectivity index (χ3v) is 4.78. The number of aromatic amines is 1. The number of aldehydes is 1.